The normalized spacial score (nSPS) is 22.9. The number of carboxylic acids is 1. The van der Waals surface area contributed by atoms with Crippen molar-refractivity contribution in [3.63, 3.8) is 0 Å². The fraction of sp³-hybridized carbons (Fsp3) is 0.545. The first-order valence-electron chi connectivity index (χ1n) is 5.49. The topological polar surface area (TPSA) is 79.3 Å². The molecule has 0 atom stereocenters. The van der Waals surface area contributed by atoms with E-state index in [0.29, 0.717) is 17.1 Å². The van der Waals surface area contributed by atoms with Gasteiger partial charge in [0.05, 0.1) is 0 Å². The fourth-order valence-corrected chi connectivity index (χ4v) is 2.89. The highest BCUT2D eigenvalue weighted by atomic mass is 32.1. The van der Waals surface area contributed by atoms with Crippen LogP contribution in [-0.4, -0.2) is 27.9 Å². The second-order valence-electron chi connectivity index (χ2n) is 4.48. The summed E-state index contributed by atoms with van der Waals surface area (Å²) in [6.45, 7) is 3.53. The summed E-state index contributed by atoms with van der Waals surface area (Å²) in [5.41, 5.74) is -0.141. The first-order valence-corrected chi connectivity index (χ1v) is 6.30. The molecule has 0 amide bonds. The second kappa shape index (κ2) is 4.44. The lowest BCUT2D eigenvalue weighted by Gasteiger charge is -2.33. The van der Waals surface area contributed by atoms with Gasteiger partial charge in [0.2, 0.25) is 0 Å². The number of carboxylic acid groups (broad SMARTS) is 1. The molecule has 1 aromatic rings. The van der Waals surface area contributed by atoms with Crippen molar-refractivity contribution >= 4 is 28.2 Å². The Morgan fingerprint density at radius 1 is 1.47 bits per heavy atom. The first-order chi connectivity index (χ1) is 7.97. The third-order valence-electron chi connectivity index (χ3n) is 2.85. The summed E-state index contributed by atoms with van der Waals surface area (Å²) < 4.78 is 0. The molecule has 0 spiro atoms. The van der Waals surface area contributed by atoms with Crippen molar-refractivity contribution in [1.82, 2.24) is 4.98 Å². The van der Waals surface area contributed by atoms with E-state index in [1.165, 1.54) is 6.92 Å². The Kier molecular flexibility index (Phi) is 3.15. The molecule has 6 heteroatoms. The van der Waals surface area contributed by atoms with Gasteiger partial charge in [-0.25, -0.2) is 9.78 Å². The lowest BCUT2D eigenvalue weighted by Crippen LogP contribution is -2.33. The molecule has 2 rings (SSSR count). The molecule has 92 valence electrons. The van der Waals surface area contributed by atoms with Crippen LogP contribution in [0.5, 0.6) is 0 Å². The van der Waals surface area contributed by atoms with E-state index < -0.39 is 5.97 Å². The van der Waals surface area contributed by atoms with E-state index >= 15 is 0 Å². The molecule has 5 nitrogen and oxygen atoms in total. The summed E-state index contributed by atoms with van der Waals surface area (Å²) >= 11 is 1.12. The minimum Gasteiger partial charge on any atom is -0.476 e. The molecule has 1 heterocycles. The van der Waals surface area contributed by atoms with Gasteiger partial charge in [0.25, 0.3) is 0 Å². The van der Waals surface area contributed by atoms with Gasteiger partial charge < -0.3 is 10.4 Å². The van der Waals surface area contributed by atoms with Crippen LogP contribution in [-0.2, 0) is 0 Å². The number of hydrogen-bond acceptors (Lipinski definition) is 5. The first kappa shape index (κ1) is 12.0. The van der Waals surface area contributed by atoms with E-state index in [9.17, 15) is 9.59 Å². The quantitative estimate of drug-likeness (QED) is 0.806. The number of aromatic carboxylic acids is 1. The van der Waals surface area contributed by atoms with Crippen molar-refractivity contribution in [2.45, 2.75) is 32.7 Å². The smallest absolute Gasteiger partial charge is 0.356 e. The van der Waals surface area contributed by atoms with Crippen LogP contribution >= 0.6 is 11.3 Å². The zero-order valence-corrected chi connectivity index (χ0v) is 10.5. The number of hydrogen-bond donors (Lipinski definition) is 2. The third-order valence-corrected chi connectivity index (χ3v) is 3.94. The van der Waals surface area contributed by atoms with Gasteiger partial charge in [0.15, 0.2) is 16.6 Å². The molecular weight excluding hydrogens is 240 g/mol. The highest BCUT2D eigenvalue weighted by molar-refractivity contribution is 7.17. The molecular formula is C11H14N2O3S. The molecule has 0 aliphatic heterocycles. The summed E-state index contributed by atoms with van der Waals surface area (Å²) in [6.07, 6.45) is 2.13. The maximum Gasteiger partial charge on any atom is 0.356 e. The van der Waals surface area contributed by atoms with Gasteiger partial charge in [0.1, 0.15) is 4.88 Å². The van der Waals surface area contributed by atoms with Crippen LogP contribution in [0.4, 0.5) is 5.13 Å². The molecule has 1 aliphatic carbocycles. The van der Waals surface area contributed by atoms with Crippen LogP contribution in [0.15, 0.2) is 0 Å². The van der Waals surface area contributed by atoms with Gasteiger partial charge in [-0.3, -0.25) is 4.79 Å². The highest BCUT2D eigenvalue weighted by Gasteiger charge is 2.27. The molecule has 1 saturated carbocycles. The van der Waals surface area contributed by atoms with Crippen molar-refractivity contribution in [1.29, 1.82) is 0 Å². The van der Waals surface area contributed by atoms with Crippen LogP contribution in [0, 0.1) is 5.92 Å². The van der Waals surface area contributed by atoms with Crippen LogP contribution in [0.1, 0.15) is 46.8 Å². The van der Waals surface area contributed by atoms with Crippen molar-refractivity contribution in [2.24, 2.45) is 5.92 Å². The SMILES string of the molecule is CC(=O)c1sc(NC2CC(C)C2)nc1C(=O)O. The Morgan fingerprint density at radius 3 is 2.53 bits per heavy atom. The van der Waals surface area contributed by atoms with Gasteiger partial charge in [0, 0.05) is 13.0 Å². The average Bonchev–Trinajstić information content (AvgIpc) is 2.59. The molecule has 2 N–H and O–H groups in total. The van der Waals surface area contributed by atoms with Crippen LogP contribution < -0.4 is 5.32 Å². The standard InChI is InChI=1S/C11H14N2O3S/c1-5-3-7(4-5)12-11-13-8(10(15)16)9(17-11)6(2)14/h5,7H,3-4H2,1-2H3,(H,12,13)(H,15,16). The predicted molar refractivity (Wildman–Crippen MR) is 64.9 cm³/mol. The second-order valence-corrected chi connectivity index (χ2v) is 5.47. The number of aromatic nitrogens is 1. The lowest BCUT2D eigenvalue weighted by molar-refractivity contribution is 0.0687. The molecule has 17 heavy (non-hydrogen) atoms. The molecule has 1 aliphatic rings. The van der Waals surface area contributed by atoms with Gasteiger partial charge in [-0.05, 0) is 18.8 Å². The van der Waals surface area contributed by atoms with Gasteiger partial charge >= 0.3 is 5.97 Å². The molecule has 0 unspecified atom stereocenters. The Hall–Kier alpha value is -1.43. The average molecular weight is 254 g/mol. The van der Waals surface area contributed by atoms with Gasteiger partial charge in [-0.1, -0.05) is 18.3 Å². The number of carbonyl (C=O) groups excluding carboxylic acids is 1. The largest absolute Gasteiger partial charge is 0.476 e. The molecule has 0 bridgehead atoms. The Balaban J connectivity index is 2.16. The molecule has 1 aromatic heterocycles. The fourth-order valence-electron chi connectivity index (χ4n) is 1.96. The zero-order chi connectivity index (χ0) is 12.6. The van der Waals surface area contributed by atoms with E-state index in [-0.39, 0.29) is 16.4 Å². The number of nitrogens with zero attached hydrogens (tertiary/aromatic N) is 1. The Labute approximate surface area is 103 Å². The van der Waals surface area contributed by atoms with E-state index in [4.69, 9.17) is 5.11 Å². The van der Waals surface area contributed by atoms with E-state index in [2.05, 4.69) is 17.2 Å². The number of thiazole rings is 1. The molecule has 0 saturated heterocycles. The van der Waals surface area contributed by atoms with E-state index in [1.54, 1.807) is 0 Å². The summed E-state index contributed by atoms with van der Waals surface area (Å²) in [4.78, 5) is 26.4. The number of nitrogens with one attached hydrogen (secondary N) is 1. The summed E-state index contributed by atoms with van der Waals surface area (Å²) in [5.74, 6) is -0.699. The summed E-state index contributed by atoms with van der Waals surface area (Å²) in [7, 11) is 0. The maximum atomic E-state index is 11.3. The minimum atomic E-state index is -1.15. The van der Waals surface area contributed by atoms with Crippen LogP contribution in [0.3, 0.4) is 0 Å². The van der Waals surface area contributed by atoms with E-state index in [1.807, 2.05) is 0 Å². The van der Waals surface area contributed by atoms with Gasteiger partial charge in [-0.2, -0.15) is 0 Å². The van der Waals surface area contributed by atoms with Crippen LogP contribution in [0.2, 0.25) is 0 Å². The minimum absolute atomic E-state index is 0.141. The number of anilines is 1. The molecule has 0 aromatic carbocycles. The number of carbonyl (C=O) groups is 2. The Bertz CT molecular complexity index is 432. The Morgan fingerprint density at radius 2 is 2.12 bits per heavy atom. The van der Waals surface area contributed by atoms with Crippen molar-refractivity contribution in [3.8, 4) is 0 Å². The third kappa shape index (κ3) is 2.46. The molecule has 1 fully saturated rings. The summed E-state index contributed by atoms with van der Waals surface area (Å²) in [5, 5.41) is 12.6. The number of Topliss-reactive ketones (excluding diaryl/α,β-unsaturated/α-hetero) is 1. The van der Waals surface area contributed by atoms with Crippen molar-refractivity contribution in [3.05, 3.63) is 10.6 Å². The highest BCUT2D eigenvalue weighted by Crippen LogP contribution is 2.32. The van der Waals surface area contributed by atoms with E-state index in [0.717, 1.165) is 24.2 Å². The van der Waals surface area contributed by atoms with Crippen LogP contribution in [0.25, 0.3) is 0 Å². The van der Waals surface area contributed by atoms with Crippen molar-refractivity contribution in [2.75, 3.05) is 5.32 Å². The summed E-state index contributed by atoms with van der Waals surface area (Å²) in [6, 6.07) is 0.359. The van der Waals surface area contributed by atoms with Crippen molar-refractivity contribution < 1.29 is 14.7 Å². The predicted octanol–water partition coefficient (Wildman–Crippen LogP) is 2.25. The monoisotopic (exact) mass is 254 g/mol. The maximum absolute atomic E-state index is 11.3. The van der Waals surface area contributed by atoms with Gasteiger partial charge in [-0.15, -0.1) is 0 Å². The lowest BCUT2D eigenvalue weighted by atomic mass is 9.82. The molecule has 0 radical (unpaired) electrons. The number of rotatable bonds is 4. The number of ketones is 1. The zero-order valence-electron chi connectivity index (χ0n) is 9.69.